The van der Waals surface area contributed by atoms with E-state index in [2.05, 4.69) is 66.4 Å². The Kier molecular flexibility index (Phi) is 4.28. The summed E-state index contributed by atoms with van der Waals surface area (Å²) >= 11 is 7.60. The number of para-hydroxylation sites is 1. The molecule has 0 aromatic heterocycles. The minimum atomic E-state index is -0.116. The summed E-state index contributed by atoms with van der Waals surface area (Å²) in [5.41, 5.74) is 3.20. The molecule has 0 atom stereocenters. The smallest absolute Gasteiger partial charge is 0.256 e. The van der Waals surface area contributed by atoms with Crippen molar-refractivity contribution in [1.29, 1.82) is 0 Å². The van der Waals surface area contributed by atoms with Gasteiger partial charge in [-0.25, -0.2) is 0 Å². The van der Waals surface area contributed by atoms with Crippen LogP contribution in [0.1, 0.15) is 11.1 Å². The van der Waals surface area contributed by atoms with Crippen molar-refractivity contribution in [2.75, 3.05) is 5.32 Å². The zero-order valence-corrected chi connectivity index (χ0v) is 16.4. The number of carbonyl (C=O) groups is 1. The van der Waals surface area contributed by atoms with Gasteiger partial charge in [-0.15, -0.1) is 0 Å². The number of aromatic hydroxyl groups is 1. The first-order chi connectivity index (χ1) is 9.97. The van der Waals surface area contributed by atoms with Crippen LogP contribution in [0, 0.1) is 7.14 Å². The second-order valence-electron chi connectivity index (χ2n) is 4.51. The van der Waals surface area contributed by atoms with Crippen molar-refractivity contribution in [1.82, 2.24) is 0 Å². The average molecular weight is 568 g/mol. The third-order valence-electron chi connectivity index (χ3n) is 3.14. The molecule has 0 unspecified atom stereocenters. The second kappa shape index (κ2) is 5.88. The molecule has 6 heteroatoms. The lowest BCUT2D eigenvalue weighted by molar-refractivity contribution is -0.110. The van der Waals surface area contributed by atoms with Gasteiger partial charge in [-0.05, 0) is 91.0 Å². The molecule has 21 heavy (non-hydrogen) atoms. The van der Waals surface area contributed by atoms with Gasteiger partial charge in [0.25, 0.3) is 5.91 Å². The summed E-state index contributed by atoms with van der Waals surface area (Å²) in [5, 5.41) is 12.7. The fourth-order valence-corrected chi connectivity index (χ4v) is 4.44. The Labute approximate surface area is 157 Å². The molecule has 0 fully saturated rings. The van der Waals surface area contributed by atoms with Crippen molar-refractivity contribution in [3.63, 3.8) is 0 Å². The standard InChI is InChI=1S/C15H8BrI2NO2/c16-10-3-1-2-8-9(15(21)19-13(8)10)4-7-5-11(17)14(20)12(18)6-7/h1-6,20H,(H,19,21). The summed E-state index contributed by atoms with van der Waals surface area (Å²) in [5.74, 6) is 0.160. The lowest BCUT2D eigenvalue weighted by atomic mass is 10.0. The van der Waals surface area contributed by atoms with Crippen LogP contribution in [0.15, 0.2) is 34.8 Å². The molecule has 2 N–H and O–H groups in total. The maximum absolute atomic E-state index is 12.2. The quantitative estimate of drug-likeness (QED) is 0.382. The molecule has 1 amide bonds. The molecule has 1 heterocycles. The number of hydrogen-bond donors (Lipinski definition) is 2. The van der Waals surface area contributed by atoms with E-state index in [9.17, 15) is 9.90 Å². The predicted octanol–water partition coefficient (Wildman–Crippen LogP) is 4.86. The van der Waals surface area contributed by atoms with Gasteiger partial charge in [-0.2, -0.15) is 0 Å². The van der Waals surface area contributed by atoms with E-state index in [1.165, 1.54) is 0 Å². The monoisotopic (exact) mass is 567 g/mol. The van der Waals surface area contributed by atoms with E-state index in [1.807, 2.05) is 36.4 Å². The summed E-state index contributed by atoms with van der Waals surface area (Å²) in [4.78, 5) is 12.2. The van der Waals surface area contributed by atoms with Crippen molar-refractivity contribution in [2.24, 2.45) is 0 Å². The Morgan fingerprint density at radius 1 is 1.19 bits per heavy atom. The van der Waals surface area contributed by atoms with Gasteiger partial charge in [0, 0.05) is 15.6 Å². The summed E-state index contributed by atoms with van der Waals surface area (Å²) in [6.07, 6.45) is 1.84. The number of anilines is 1. The molecule has 1 aliphatic heterocycles. The maximum Gasteiger partial charge on any atom is 0.256 e. The van der Waals surface area contributed by atoms with E-state index in [4.69, 9.17) is 0 Å². The van der Waals surface area contributed by atoms with Crippen molar-refractivity contribution >= 4 is 84.4 Å². The number of nitrogens with one attached hydrogen (secondary N) is 1. The number of carbonyl (C=O) groups excluding carboxylic acids is 1. The van der Waals surface area contributed by atoms with Crippen LogP contribution < -0.4 is 5.32 Å². The van der Waals surface area contributed by atoms with Gasteiger partial charge in [-0.3, -0.25) is 4.79 Å². The molecule has 0 aliphatic carbocycles. The third kappa shape index (κ3) is 2.85. The van der Waals surface area contributed by atoms with E-state index in [0.717, 1.165) is 28.4 Å². The van der Waals surface area contributed by atoms with Crippen molar-refractivity contribution < 1.29 is 9.90 Å². The lowest BCUT2D eigenvalue weighted by Crippen LogP contribution is -2.03. The molecule has 0 radical (unpaired) electrons. The van der Waals surface area contributed by atoms with Gasteiger partial charge in [0.05, 0.1) is 12.8 Å². The number of fused-ring (bicyclic) bond motifs is 1. The average Bonchev–Trinajstić information content (AvgIpc) is 2.75. The highest BCUT2D eigenvalue weighted by Gasteiger charge is 2.25. The van der Waals surface area contributed by atoms with Crippen LogP contribution in [0.4, 0.5) is 5.69 Å². The molecular formula is C15H8BrI2NO2. The molecular weight excluding hydrogens is 560 g/mol. The summed E-state index contributed by atoms with van der Waals surface area (Å²) in [6, 6.07) is 9.43. The predicted molar refractivity (Wildman–Crippen MR) is 104 cm³/mol. The van der Waals surface area contributed by atoms with Crippen LogP contribution in [0.2, 0.25) is 0 Å². The first kappa shape index (κ1) is 15.3. The zero-order valence-electron chi connectivity index (χ0n) is 10.5. The summed E-state index contributed by atoms with van der Waals surface area (Å²) in [6.45, 7) is 0. The Bertz CT molecular complexity index is 779. The van der Waals surface area contributed by atoms with E-state index in [0.29, 0.717) is 5.57 Å². The van der Waals surface area contributed by atoms with E-state index in [-0.39, 0.29) is 11.7 Å². The highest BCUT2D eigenvalue weighted by Crippen LogP contribution is 2.38. The molecule has 2 aromatic rings. The van der Waals surface area contributed by atoms with Gasteiger partial charge >= 0.3 is 0 Å². The fourth-order valence-electron chi connectivity index (χ4n) is 2.16. The number of benzene rings is 2. The number of hydrogen-bond acceptors (Lipinski definition) is 2. The first-order valence-corrected chi connectivity index (χ1v) is 8.92. The molecule has 0 spiro atoms. The maximum atomic E-state index is 12.2. The molecule has 0 saturated heterocycles. The minimum Gasteiger partial charge on any atom is -0.506 e. The number of halogens is 3. The molecule has 1 aliphatic rings. The SMILES string of the molecule is O=C1Nc2c(Br)cccc2C1=Cc1cc(I)c(O)c(I)c1. The van der Waals surface area contributed by atoms with Crippen LogP contribution in [-0.4, -0.2) is 11.0 Å². The lowest BCUT2D eigenvalue weighted by Gasteiger charge is -2.04. The number of phenolic OH excluding ortho intramolecular Hbond substituents is 1. The summed E-state index contributed by atoms with van der Waals surface area (Å²) in [7, 11) is 0. The number of amides is 1. The van der Waals surface area contributed by atoms with Gasteiger partial charge < -0.3 is 10.4 Å². The van der Waals surface area contributed by atoms with Crippen LogP contribution >= 0.6 is 61.1 Å². The van der Waals surface area contributed by atoms with Crippen molar-refractivity contribution in [2.45, 2.75) is 0 Å². The minimum absolute atomic E-state index is 0.116. The van der Waals surface area contributed by atoms with Gasteiger partial charge in [0.15, 0.2) is 0 Å². The van der Waals surface area contributed by atoms with Gasteiger partial charge in [-0.1, -0.05) is 12.1 Å². The molecule has 0 saturated carbocycles. The largest absolute Gasteiger partial charge is 0.506 e. The first-order valence-electron chi connectivity index (χ1n) is 5.97. The molecule has 3 rings (SSSR count). The fraction of sp³-hybridized carbons (Fsp3) is 0. The molecule has 2 aromatic carbocycles. The van der Waals surface area contributed by atoms with E-state index < -0.39 is 0 Å². The van der Waals surface area contributed by atoms with Crippen molar-refractivity contribution in [3.8, 4) is 5.75 Å². The van der Waals surface area contributed by atoms with Crippen LogP contribution in [-0.2, 0) is 4.79 Å². The van der Waals surface area contributed by atoms with E-state index >= 15 is 0 Å². The Balaban J connectivity index is 2.14. The van der Waals surface area contributed by atoms with Crippen molar-refractivity contribution in [3.05, 3.63) is 53.1 Å². The zero-order chi connectivity index (χ0) is 15.1. The molecule has 0 bridgehead atoms. The summed E-state index contributed by atoms with van der Waals surface area (Å²) < 4.78 is 2.39. The third-order valence-corrected chi connectivity index (χ3v) is 5.44. The number of rotatable bonds is 1. The Morgan fingerprint density at radius 2 is 1.86 bits per heavy atom. The highest BCUT2D eigenvalue weighted by molar-refractivity contribution is 14.1. The second-order valence-corrected chi connectivity index (χ2v) is 7.69. The van der Waals surface area contributed by atoms with Crippen LogP contribution in [0.5, 0.6) is 5.75 Å². The topological polar surface area (TPSA) is 49.3 Å². The Hall–Kier alpha value is -0.610. The molecule has 3 nitrogen and oxygen atoms in total. The highest BCUT2D eigenvalue weighted by atomic mass is 127. The number of phenols is 1. The van der Waals surface area contributed by atoms with Crippen LogP contribution in [0.25, 0.3) is 11.6 Å². The van der Waals surface area contributed by atoms with Gasteiger partial charge in [0.1, 0.15) is 5.75 Å². The van der Waals surface area contributed by atoms with E-state index in [1.54, 1.807) is 0 Å². The van der Waals surface area contributed by atoms with Crippen LogP contribution in [0.3, 0.4) is 0 Å². The Morgan fingerprint density at radius 3 is 2.52 bits per heavy atom. The van der Waals surface area contributed by atoms with Gasteiger partial charge in [0.2, 0.25) is 0 Å². The normalized spacial score (nSPS) is 15.2. The molecule has 106 valence electrons.